The Morgan fingerprint density at radius 1 is 1.25 bits per heavy atom. The van der Waals surface area contributed by atoms with E-state index in [0.29, 0.717) is 11.1 Å². The molecule has 0 spiro atoms. The highest BCUT2D eigenvalue weighted by molar-refractivity contribution is 5.69. The van der Waals surface area contributed by atoms with E-state index in [0.717, 1.165) is 0 Å². The molecule has 0 fully saturated rings. The summed E-state index contributed by atoms with van der Waals surface area (Å²) in [7, 11) is 0. The Labute approximate surface area is 94.2 Å². The molecular formula is C12H16O4. The molecule has 0 saturated heterocycles. The van der Waals surface area contributed by atoms with Gasteiger partial charge in [0.1, 0.15) is 0 Å². The van der Waals surface area contributed by atoms with E-state index in [4.69, 9.17) is 5.11 Å². The number of carboxylic acids is 1. The molecule has 1 rings (SSSR count). The second-order valence-corrected chi connectivity index (χ2v) is 4.58. The van der Waals surface area contributed by atoms with Crippen molar-refractivity contribution in [2.75, 3.05) is 0 Å². The molecule has 0 saturated carbocycles. The van der Waals surface area contributed by atoms with E-state index < -0.39 is 11.4 Å². The van der Waals surface area contributed by atoms with Gasteiger partial charge in [-0.05, 0) is 12.5 Å². The minimum atomic E-state index is -0.940. The molecule has 0 aromatic heterocycles. The van der Waals surface area contributed by atoms with Gasteiger partial charge in [-0.3, -0.25) is 4.79 Å². The Morgan fingerprint density at radius 2 is 1.81 bits per heavy atom. The van der Waals surface area contributed by atoms with Gasteiger partial charge in [0, 0.05) is 11.0 Å². The van der Waals surface area contributed by atoms with Crippen molar-refractivity contribution in [2.24, 2.45) is 0 Å². The number of hydrogen-bond donors (Lipinski definition) is 3. The van der Waals surface area contributed by atoms with Crippen LogP contribution in [-0.2, 0) is 10.2 Å². The first kappa shape index (κ1) is 12.4. The van der Waals surface area contributed by atoms with Crippen LogP contribution in [0, 0.1) is 6.92 Å². The summed E-state index contributed by atoms with van der Waals surface area (Å²) in [6, 6.07) is 3.31. The molecule has 0 unspecified atom stereocenters. The number of benzene rings is 1. The molecule has 1 aromatic rings. The Morgan fingerprint density at radius 3 is 2.31 bits per heavy atom. The highest BCUT2D eigenvalue weighted by Crippen LogP contribution is 2.40. The number of aromatic hydroxyl groups is 2. The summed E-state index contributed by atoms with van der Waals surface area (Å²) in [5.41, 5.74) is 0.284. The second kappa shape index (κ2) is 4.04. The quantitative estimate of drug-likeness (QED) is 0.687. The summed E-state index contributed by atoms with van der Waals surface area (Å²) in [4.78, 5) is 10.7. The molecule has 3 N–H and O–H groups in total. The third-order valence-corrected chi connectivity index (χ3v) is 2.68. The predicted molar refractivity (Wildman–Crippen MR) is 59.8 cm³/mol. The molecule has 0 bridgehead atoms. The van der Waals surface area contributed by atoms with Gasteiger partial charge in [0.25, 0.3) is 0 Å². The SMILES string of the molecule is Cc1ccc(C(C)(C)CC(=O)O)c(O)c1O. The summed E-state index contributed by atoms with van der Waals surface area (Å²) in [5.74, 6) is -1.35. The maximum Gasteiger partial charge on any atom is 0.304 e. The Hall–Kier alpha value is -1.71. The molecule has 0 radical (unpaired) electrons. The summed E-state index contributed by atoms with van der Waals surface area (Å²) < 4.78 is 0. The Balaban J connectivity index is 3.23. The average Bonchev–Trinajstić information content (AvgIpc) is 2.11. The van der Waals surface area contributed by atoms with Crippen molar-refractivity contribution in [3.8, 4) is 11.5 Å². The van der Waals surface area contributed by atoms with Gasteiger partial charge in [0.15, 0.2) is 11.5 Å². The first-order valence-corrected chi connectivity index (χ1v) is 4.99. The van der Waals surface area contributed by atoms with Crippen molar-refractivity contribution in [3.63, 3.8) is 0 Å². The van der Waals surface area contributed by atoms with Crippen LogP contribution in [0.1, 0.15) is 31.4 Å². The number of phenols is 2. The lowest BCUT2D eigenvalue weighted by atomic mass is 9.80. The fourth-order valence-electron chi connectivity index (χ4n) is 1.70. The number of aliphatic carboxylic acids is 1. The van der Waals surface area contributed by atoms with Crippen LogP contribution in [0.5, 0.6) is 11.5 Å². The van der Waals surface area contributed by atoms with Crippen LogP contribution in [0.25, 0.3) is 0 Å². The smallest absolute Gasteiger partial charge is 0.304 e. The van der Waals surface area contributed by atoms with E-state index in [1.54, 1.807) is 32.9 Å². The van der Waals surface area contributed by atoms with Crippen LogP contribution in [0.4, 0.5) is 0 Å². The summed E-state index contributed by atoms with van der Waals surface area (Å²) in [5, 5.41) is 28.2. The van der Waals surface area contributed by atoms with Gasteiger partial charge in [0.05, 0.1) is 6.42 Å². The lowest BCUT2D eigenvalue weighted by molar-refractivity contribution is -0.138. The largest absolute Gasteiger partial charge is 0.504 e. The summed E-state index contributed by atoms with van der Waals surface area (Å²) >= 11 is 0. The van der Waals surface area contributed by atoms with Crippen molar-refractivity contribution in [1.29, 1.82) is 0 Å². The van der Waals surface area contributed by atoms with Gasteiger partial charge < -0.3 is 15.3 Å². The van der Waals surface area contributed by atoms with E-state index in [1.807, 2.05) is 0 Å². The van der Waals surface area contributed by atoms with Crippen LogP contribution in [-0.4, -0.2) is 21.3 Å². The normalized spacial score (nSPS) is 11.4. The summed E-state index contributed by atoms with van der Waals surface area (Å²) in [6.07, 6.45) is -0.108. The zero-order valence-corrected chi connectivity index (χ0v) is 9.61. The minimum absolute atomic E-state index is 0.108. The molecule has 4 nitrogen and oxygen atoms in total. The maximum atomic E-state index is 10.7. The fraction of sp³-hybridized carbons (Fsp3) is 0.417. The number of carboxylic acid groups (broad SMARTS) is 1. The molecular weight excluding hydrogens is 208 g/mol. The monoisotopic (exact) mass is 224 g/mol. The molecule has 16 heavy (non-hydrogen) atoms. The molecule has 0 aliphatic carbocycles. The second-order valence-electron chi connectivity index (χ2n) is 4.58. The van der Waals surface area contributed by atoms with E-state index >= 15 is 0 Å². The van der Waals surface area contributed by atoms with E-state index in [-0.39, 0.29) is 17.9 Å². The summed E-state index contributed by atoms with van der Waals surface area (Å²) in [6.45, 7) is 5.10. The van der Waals surface area contributed by atoms with Crippen molar-refractivity contribution >= 4 is 5.97 Å². The lowest BCUT2D eigenvalue weighted by Crippen LogP contribution is -2.21. The topological polar surface area (TPSA) is 77.8 Å². The molecule has 1 aromatic carbocycles. The molecule has 88 valence electrons. The maximum absolute atomic E-state index is 10.7. The minimum Gasteiger partial charge on any atom is -0.504 e. The zero-order valence-electron chi connectivity index (χ0n) is 9.61. The third-order valence-electron chi connectivity index (χ3n) is 2.68. The van der Waals surface area contributed by atoms with Crippen molar-refractivity contribution in [1.82, 2.24) is 0 Å². The highest BCUT2D eigenvalue weighted by Gasteiger charge is 2.28. The van der Waals surface area contributed by atoms with Crippen molar-refractivity contribution in [3.05, 3.63) is 23.3 Å². The lowest BCUT2D eigenvalue weighted by Gasteiger charge is -2.24. The van der Waals surface area contributed by atoms with Gasteiger partial charge in [-0.25, -0.2) is 0 Å². The molecule has 0 atom stereocenters. The van der Waals surface area contributed by atoms with Gasteiger partial charge in [-0.2, -0.15) is 0 Å². The highest BCUT2D eigenvalue weighted by atomic mass is 16.4. The fourth-order valence-corrected chi connectivity index (χ4v) is 1.70. The van der Waals surface area contributed by atoms with Crippen LogP contribution >= 0.6 is 0 Å². The zero-order chi connectivity index (χ0) is 12.5. The van der Waals surface area contributed by atoms with Gasteiger partial charge in [0.2, 0.25) is 0 Å². The Bertz CT molecular complexity index is 421. The standard InChI is InChI=1S/C12H16O4/c1-7-4-5-8(11(16)10(7)15)12(2,3)6-9(13)14/h4-5,15-16H,6H2,1-3H3,(H,13,14). The average molecular weight is 224 g/mol. The predicted octanol–water partition coefficient (Wildman–Crippen LogP) is 2.16. The number of carbonyl (C=O) groups is 1. The molecule has 4 heteroatoms. The first-order valence-electron chi connectivity index (χ1n) is 4.99. The van der Waals surface area contributed by atoms with Crippen LogP contribution in [0.3, 0.4) is 0 Å². The molecule has 0 aliphatic heterocycles. The van der Waals surface area contributed by atoms with Crippen molar-refractivity contribution in [2.45, 2.75) is 32.6 Å². The van der Waals surface area contributed by atoms with E-state index in [1.165, 1.54) is 0 Å². The number of hydrogen-bond acceptors (Lipinski definition) is 3. The van der Waals surface area contributed by atoms with Crippen LogP contribution in [0.2, 0.25) is 0 Å². The van der Waals surface area contributed by atoms with Gasteiger partial charge in [-0.15, -0.1) is 0 Å². The van der Waals surface area contributed by atoms with Gasteiger partial charge in [-0.1, -0.05) is 26.0 Å². The number of rotatable bonds is 3. The number of phenolic OH excluding ortho intramolecular Hbond substituents is 2. The van der Waals surface area contributed by atoms with E-state index in [9.17, 15) is 15.0 Å². The van der Waals surface area contributed by atoms with Crippen LogP contribution < -0.4 is 0 Å². The molecule has 0 aliphatic rings. The molecule has 0 amide bonds. The first-order chi connectivity index (χ1) is 7.25. The van der Waals surface area contributed by atoms with Gasteiger partial charge >= 0.3 is 5.97 Å². The molecule has 0 heterocycles. The number of aryl methyl sites for hydroxylation is 1. The Kier molecular flexibility index (Phi) is 3.12. The van der Waals surface area contributed by atoms with E-state index in [2.05, 4.69) is 0 Å². The van der Waals surface area contributed by atoms with Crippen molar-refractivity contribution < 1.29 is 20.1 Å². The third kappa shape index (κ3) is 2.27. The van der Waals surface area contributed by atoms with Crippen LogP contribution in [0.15, 0.2) is 12.1 Å².